The van der Waals surface area contributed by atoms with Crippen molar-refractivity contribution in [1.82, 2.24) is 35.9 Å². The lowest BCUT2D eigenvalue weighted by Crippen LogP contribution is -2.57. The van der Waals surface area contributed by atoms with Gasteiger partial charge in [0.2, 0.25) is 17.7 Å². The summed E-state index contributed by atoms with van der Waals surface area (Å²) in [5.74, 6) is -2.40. The van der Waals surface area contributed by atoms with Gasteiger partial charge in [-0.3, -0.25) is 29.1 Å². The number of rotatable bonds is 48. The summed E-state index contributed by atoms with van der Waals surface area (Å²) in [6.07, 6.45) is -12.6. The SMILES string of the molecule is CCCCOC(=O)CC(=O)NC(COCCC(=O)NCCOCCOCCOCCOC[C@H]1OC[C@H](Nc2cncc(C(F)(F)F)n2)[C@@H](O)[C@H]1O)COCCC(=O)NCCOCCOCCOCCOC[C@H]1OC[C@H](Nc2cncc(C(F)(F)F)n2)[C@@H](O)[C@H]1O. The number of carbonyl (C=O) groups is 4. The number of esters is 1. The van der Waals surface area contributed by atoms with Gasteiger partial charge in [0.1, 0.15) is 54.7 Å². The van der Waals surface area contributed by atoms with Crippen LogP contribution in [0.4, 0.5) is 38.0 Å². The predicted octanol–water partition coefficient (Wildman–Crippen LogP) is -0.797. The van der Waals surface area contributed by atoms with Gasteiger partial charge in [0.15, 0.2) is 11.4 Å². The van der Waals surface area contributed by atoms with Crippen molar-refractivity contribution in [3.05, 3.63) is 36.2 Å². The molecule has 0 bridgehead atoms. The molecule has 4 heterocycles. The molecule has 2 aromatic rings. The summed E-state index contributed by atoms with van der Waals surface area (Å²) in [7, 11) is 0. The number of aliphatic hydroxyl groups is 4. The number of nitrogens with zero attached hydrogens (tertiary/aromatic N) is 4. The highest BCUT2D eigenvalue weighted by molar-refractivity contribution is 5.94. The largest absolute Gasteiger partial charge is 0.465 e. The topological polar surface area (TPSA) is 381 Å². The average Bonchev–Trinajstić information content (AvgIpc) is 0.961. The summed E-state index contributed by atoms with van der Waals surface area (Å²) < 4.78 is 149. The van der Waals surface area contributed by atoms with Gasteiger partial charge in [-0.05, 0) is 6.42 Å². The lowest BCUT2D eigenvalue weighted by atomic mass is 9.98. The molecule has 4 rings (SSSR count). The number of unbranched alkanes of at least 4 members (excludes halogenated alkanes) is 1. The fraction of sp³-hybridized carbons (Fsp3) is 0.778. The van der Waals surface area contributed by atoms with E-state index in [-0.39, 0.29) is 201 Å². The number of aromatic nitrogens is 4. The minimum Gasteiger partial charge on any atom is -0.465 e. The molecule has 36 heteroatoms. The summed E-state index contributed by atoms with van der Waals surface area (Å²) in [5.41, 5.74) is -2.42. The van der Waals surface area contributed by atoms with Crippen molar-refractivity contribution in [2.45, 2.75) is 106 Å². The molecule has 3 amide bonds. The Labute approximate surface area is 515 Å². The number of alkyl halides is 6. The molecule has 2 aromatic heterocycles. The number of hydrogen-bond acceptors (Lipinski definition) is 27. The van der Waals surface area contributed by atoms with Crippen LogP contribution in [0.5, 0.6) is 0 Å². The average molecular weight is 1310 g/mol. The van der Waals surface area contributed by atoms with Gasteiger partial charge < -0.3 is 109 Å². The molecule has 0 unspecified atom stereocenters. The molecular weight excluding hydrogens is 1220 g/mol. The van der Waals surface area contributed by atoms with Gasteiger partial charge in [0.25, 0.3) is 0 Å². The highest BCUT2D eigenvalue weighted by Crippen LogP contribution is 2.29. The molecule has 0 aromatic carbocycles. The summed E-state index contributed by atoms with van der Waals surface area (Å²) in [5, 5.41) is 55.3. The molecule has 514 valence electrons. The summed E-state index contributed by atoms with van der Waals surface area (Å²) in [6.45, 7) is 5.11. The number of aliphatic hydroxyl groups excluding tert-OH is 4. The Morgan fingerprint density at radius 1 is 0.522 bits per heavy atom. The van der Waals surface area contributed by atoms with Crippen molar-refractivity contribution in [3.8, 4) is 0 Å². The van der Waals surface area contributed by atoms with Crippen LogP contribution in [-0.2, 0) is 93.1 Å². The van der Waals surface area contributed by atoms with E-state index in [2.05, 4.69) is 46.5 Å². The van der Waals surface area contributed by atoms with Crippen LogP contribution >= 0.6 is 0 Å². The van der Waals surface area contributed by atoms with Crippen LogP contribution in [-0.4, -0.2) is 284 Å². The van der Waals surface area contributed by atoms with Crippen LogP contribution in [0.3, 0.4) is 0 Å². The Morgan fingerprint density at radius 2 is 0.911 bits per heavy atom. The molecular formula is C54H85F6N9O21. The number of ether oxygens (including phenoxy) is 13. The van der Waals surface area contributed by atoms with Crippen molar-refractivity contribution in [2.75, 3.05) is 176 Å². The van der Waals surface area contributed by atoms with Crippen molar-refractivity contribution in [1.29, 1.82) is 0 Å². The van der Waals surface area contributed by atoms with Crippen molar-refractivity contribution >= 4 is 35.3 Å². The van der Waals surface area contributed by atoms with Crippen LogP contribution in [0.15, 0.2) is 24.8 Å². The predicted molar refractivity (Wildman–Crippen MR) is 298 cm³/mol. The minimum atomic E-state index is -4.70. The van der Waals surface area contributed by atoms with Gasteiger partial charge in [-0.1, -0.05) is 13.3 Å². The van der Waals surface area contributed by atoms with E-state index in [4.69, 9.17) is 61.6 Å². The Bertz CT molecular complexity index is 2180. The number of hydrogen-bond donors (Lipinski definition) is 9. The summed E-state index contributed by atoms with van der Waals surface area (Å²) in [6, 6.07) is -2.62. The smallest absolute Gasteiger partial charge is 0.434 e. The first kappa shape index (κ1) is 77.0. The number of carbonyl (C=O) groups excluding carboxylic acids is 4. The normalized spacial score (nSPS) is 20.4. The van der Waals surface area contributed by atoms with Gasteiger partial charge in [-0.25, -0.2) is 9.97 Å². The third-order valence-corrected chi connectivity index (χ3v) is 12.7. The van der Waals surface area contributed by atoms with Gasteiger partial charge in [0.05, 0.1) is 195 Å². The van der Waals surface area contributed by atoms with Crippen molar-refractivity contribution in [3.63, 3.8) is 0 Å². The highest BCUT2D eigenvalue weighted by Gasteiger charge is 2.41. The van der Waals surface area contributed by atoms with Gasteiger partial charge in [0, 0.05) is 25.9 Å². The highest BCUT2D eigenvalue weighted by atomic mass is 19.4. The van der Waals surface area contributed by atoms with Gasteiger partial charge in [-0.15, -0.1) is 0 Å². The minimum absolute atomic E-state index is 0.00122. The van der Waals surface area contributed by atoms with Crippen molar-refractivity contribution in [2.24, 2.45) is 0 Å². The quantitative estimate of drug-likeness (QED) is 0.0170. The molecule has 2 fully saturated rings. The van der Waals surface area contributed by atoms with E-state index in [0.29, 0.717) is 18.8 Å². The maximum atomic E-state index is 13.0. The fourth-order valence-corrected chi connectivity index (χ4v) is 7.96. The Morgan fingerprint density at radius 3 is 1.30 bits per heavy atom. The van der Waals surface area contributed by atoms with E-state index in [1.165, 1.54) is 0 Å². The van der Waals surface area contributed by atoms with Gasteiger partial charge >= 0.3 is 18.3 Å². The lowest BCUT2D eigenvalue weighted by Gasteiger charge is -2.38. The maximum absolute atomic E-state index is 13.0. The number of nitrogens with one attached hydrogen (secondary N) is 5. The zero-order valence-corrected chi connectivity index (χ0v) is 50.0. The Kier molecular flexibility index (Phi) is 37.8. The Balaban J connectivity index is 0.933. The second kappa shape index (κ2) is 44.2. The fourth-order valence-electron chi connectivity index (χ4n) is 7.96. The molecule has 0 spiro atoms. The molecule has 0 saturated carbocycles. The second-order valence-electron chi connectivity index (χ2n) is 20.0. The van der Waals surface area contributed by atoms with Crippen LogP contribution in [0.25, 0.3) is 0 Å². The zero-order valence-electron chi connectivity index (χ0n) is 50.0. The maximum Gasteiger partial charge on any atom is 0.434 e. The zero-order chi connectivity index (χ0) is 65.4. The molecule has 90 heavy (non-hydrogen) atoms. The third-order valence-electron chi connectivity index (χ3n) is 12.7. The first-order valence-electron chi connectivity index (χ1n) is 29.3. The van der Waals surface area contributed by atoms with Crippen LogP contribution < -0.4 is 26.6 Å². The van der Waals surface area contributed by atoms with E-state index in [0.717, 1.165) is 18.8 Å². The second-order valence-corrected chi connectivity index (χ2v) is 20.0. The Hall–Kier alpha value is -5.42. The van der Waals surface area contributed by atoms with E-state index in [1.54, 1.807) is 0 Å². The van der Waals surface area contributed by atoms with E-state index in [1.807, 2.05) is 6.92 Å². The molecule has 8 atom stereocenters. The molecule has 2 aliphatic heterocycles. The van der Waals surface area contributed by atoms with Crippen LogP contribution in [0.1, 0.15) is 50.4 Å². The summed E-state index contributed by atoms with van der Waals surface area (Å²) >= 11 is 0. The lowest BCUT2D eigenvalue weighted by molar-refractivity contribution is -0.161. The first-order valence-corrected chi connectivity index (χ1v) is 29.3. The third kappa shape index (κ3) is 32.7. The molecule has 9 N–H and O–H groups in total. The molecule has 30 nitrogen and oxygen atoms in total. The van der Waals surface area contributed by atoms with E-state index in [9.17, 15) is 65.9 Å². The number of amides is 3. The molecule has 0 radical (unpaired) electrons. The van der Waals surface area contributed by atoms with Crippen molar-refractivity contribution < 1.29 is 128 Å². The number of halogens is 6. The number of anilines is 2. The molecule has 2 saturated heterocycles. The first-order chi connectivity index (χ1) is 43.2. The van der Waals surface area contributed by atoms with Gasteiger partial charge in [-0.2, -0.15) is 26.3 Å². The van der Waals surface area contributed by atoms with E-state index < -0.39 is 96.8 Å². The van der Waals surface area contributed by atoms with Crippen LogP contribution in [0, 0.1) is 0 Å². The monoisotopic (exact) mass is 1310 g/mol. The molecule has 2 aliphatic rings. The summed E-state index contributed by atoms with van der Waals surface area (Å²) in [4.78, 5) is 63.4. The molecule has 0 aliphatic carbocycles. The standard InChI is InChI=1S/C54H85F6N9O21/c1-2-3-8-88-48(73)25-47(72)65-36(30-84-9-4-45(70)63-6-11-78-13-15-80-17-19-82-21-23-86-34-39-51(76)49(74)37(32-89-39)66-43-28-61-26-41(68-43)53(55,56)57)31-85-10-5-46(71)64-7-12-79-14-16-81-18-20-83-22-24-87-35-40-52(77)50(75)38(33-90-40)67-44-29-62-27-42(69-44)54(58,59)60/h26-29,36-40,49-52,74-77H,2-25,30-35H2,1H3,(H,63,70)(H,64,71)(H,65,72)(H,66,68)(H,67,69)/t37-,38-,39+,40+,49+,50+,51-,52-/m0/s1. The van der Waals surface area contributed by atoms with Crippen LogP contribution in [0.2, 0.25) is 0 Å². The van der Waals surface area contributed by atoms with E-state index >= 15 is 0 Å².